The molecule has 0 saturated carbocycles. The van der Waals surface area contributed by atoms with Crippen molar-refractivity contribution >= 4 is 11.9 Å². The van der Waals surface area contributed by atoms with E-state index in [9.17, 15) is 0 Å². The SMILES string of the molecule is CCN(Cc1ccncc1)Cc1ccc(OC)c(OCc2ccccc2)c1.O=C(O)C(=O)O. The second-order valence-electron chi connectivity index (χ2n) is 7.03. The Kier molecular flexibility index (Phi) is 10.4. The van der Waals surface area contributed by atoms with E-state index in [1.54, 1.807) is 7.11 Å². The van der Waals surface area contributed by atoms with Crippen LogP contribution >= 0.6 is 0 Å². The minimum absolute atomic E-state index is 0.523. The molecule has 8 nitrogen and oxygen atoms in total. The maximum Gasteiger partial charge on any atom is 0.414 e. The van der Waals surface area contributed by atoms with Crippen LogP contribution in [0.15, 0.2) is 73.1 Å². The van der Waals surface area contributed by atoms with E-state index in [0.29, 0.717) is 6.61 Å². The van der Waals surface area contributed by atoms with Crippen LogP contribution in [-0.4, -0.2) is 45.7 Å². The zero-order valence-electron chi connectivity index (χ0n) is 18.7. The van der Waals surface area contributed by atoms with Gasteiger partial charge in [0.15, 0.2) is 11.5 Å². The van der Waals surface area contributed by atoms with Gasteiger partial charge in [-0.1, -0.05) is 43.3 Å². The van der Waals surface area contributed by atoms with Crippen molar-refractivity contribution in [3.63, 3.8) is 0 Å². The Labute approximate surface area is 193 Å². The van der Waals surface area contributed by atoms with Crippen molar-refractivity contribution in [1.29, 1.82) is 0 Å². The maximum atomic E-state index is 9.10. The van der Waals surface area contributed by atoms with E-state index >= 15 is 0 Å². The van der Waals surface area contributed by atoms with Gasteiger partial charge in [-0.25, -0.2) is 9.59 Å². The van der Waals surface area contributed by atoms with E-state index in [-0.39, 0.29) is 0 Å². The molecule has 0 unspecified atom stereocenters. The van der Waals surface area contributed by atoms with Gasteiger partial charge in [0.2, 0.25) is 0 Å². The van der Waals surface area contributed by atoms with Crippen LogP contribution in [0.4, 0.5) is 0 Å². The first-order chi connectivity index (χ1) is 15.9. The number of rotatable bonds is 9. The molecule has 3 rings (SSSR count). The third-order valence-corrected chi connectivity index (χ3v) is 4.66. The van der Waals surface area contributed by atoms with E-state index in [1.807, 2.05) is 36.7 Å². The predicted octanol–water partition coefficient (Wildman–Crippen LogP) is 3.85. The summed E-state index contributed by atoms with van der Waals surface area (Å²) in [6, 6.07) is 20.4. The number of carboxylic acid groups (broad SMARTS) is 2. The van der Waals surface area contributed by atoms with E-state index in [1.165, 1.54) is 11.1 Å². The topological polar surface area (TPSA) is 109 Å². The Bertz CT molecular complexity index is 1000. The van der Waals surface area contributed by atoms with Gasteiger partial charge < -0.3 is 19.7 Å². The molecule has 0 saturated heterocycles. The van der Waals surface area contributed by atoms with Crippen molar-refractivity contribution < 1.29 is 29.3 Å². The number of carboxylic acids is 2. The first-order valence-electron chi connectivity index (χ1n) is 10.3. The number of aliphatic carboxylic acids is 2. The highest BCUT2D eigenvalue weighted by Crippen LogP contribution is 2.29. The monoisotopic (exact) mass is 452 g/mol. The molecular weight excluding hydrogens is 424 g/mol. The van der Waals surface area contributed by atoms with Gasteiger partial charge in [0.1, 0.15) is 6.61 Å². The lowest BCUT2D eigenvalue weighted by Gasteiger charge is -2.21. The normalized spacial score (nSPS) is 10.2. The fraction of sp³-hybridized carbons (Fsp3) is 0.240. The fourth-order valence-electron chi connectivity index (χ4n) is 2.95. The fourth-order valence-corrected chi connectivity index (χ4v) is 2.95. The van der Waals surface area contributed by atoms with Gasteiger partial charge in [0.05, 0.1) is 7.11 Å². The Hall–Kier alpha value is -3.91. The van der Waals surface area contributed by atoms with Crippen LogP contribution in [0.1, 0.15) is 23.6 Å². The summed E-state index contributed by atoms with van der Waals surface area (Å²) in [6.45, 7) is 5.41. The average molecular weight is 453 g/mol. The largest absolute Gasteiger partial charge is 0.493 e. The summed E-state index contributed by atoms with van der Waals surface area (Å²) < 4.78 is 11.5. The number of nitrogens with zero attached hydrogens (tertiary/aromatic N) is 2. The van der Waals surface area contributed by atoms with Gasteiger partial charge in [-0.15, -0.1) is 0 Å². The average Bonchev–Trinajstić information content (AvgIpc) is 2.84. The molecule has 0 aliphatic carbocycles. The van der Waals surface area contributed by atoms with Gasteiger partial charge in [-0.2, -0.15) is 0 Å². The molecule has 2 N–H and O–H groups in total. The number of ether oxygens (including phenoxy) is 2. The molecule has 0 bridgehead atoms. The zero-order chi connectivity index (χ0) is 24.1. The summed E-state index contributed by atoms with van der Waals surface area (Å²) in [6.07, 6.45) is 3.68. The van der Waals surface area contributed by atoms with Crippen molar-refractivity contribution in [3.8, 4) is 11.5 Å². The highest BCUT2D eigenvalue weighted by molar-refractivity contribution is 6.27. The standard InChI is InChI=1S/C23H26N2O2.C2H2O4/c1-3-25(16-19-11-13-24-14-12-19)17-21-9-10-22(26-2)23(15-21)27-18-20-7-5-4-6-8-20;3-1(4)2(5)6/h4-15H,3,16-18H2,1-2H3;(H,3,4)(H,5,6). The van der Waals surface area contributed by atoms with Gasteiger partial charge in [0, 0.05) is 25.5 Å². The summed E-state index contributed by atoms with van der Waals surface area (Å²) in [5.74, 6) is -2.12. The van der Waals surface area contributed by atoms with Gasteiger partial charge in [-0.3, -0.25) is 9.88 Å². The molecule has 2 aromatic carbocycles. The van der Waals surface area contributed by atoms with Crippen LogP contribution in [-0.2, 0) is 29.3 Å². The summed E-state index contributed by atoms with van der Waals surface area (Å²) in [4.78, 5) is 24.7. The third-order valence-electron chi connectivity index (χ3n) is 4.66. The lowest BCUT2D eigenvalue weighted by atomic mass is 10.1. The van der Waals surface area contributed by atoms with E-state index in [0.717, 1.165) is 36.7 Å². The van der Waals surface area contributed by atoms with Gasteiger partial charge in [0.25, 0.3) is 0 Å². The zero-order valence-corrected chi connectivity index (χ0v) is 18.7. The van der Waals surface area contributed by atoms with Crippen molar-refractivity contribution in [2.45, 2.75) is 26.6 Å². The van der Waals surface area contributed by atoms with E-state index in [4.69, 9.17) is 29.3 Å². The second-order valence-corrected chi connectivity index (χ2v) is 7.03. The van der Waals surface area contributed by atoms with E-state index in [2.05, 4.69) is 53.2 Å². The van der Waals surface area contributed by atoms with Crippen LogP contribution in [0.3, 0.4) is 0 Å². The predicted molar refractivity (Wildman–Crippen MR) is 123 cm³/mol. The number of carbonyl (C=O) groups is 2. The van der Waals surface area contributed by atoms with E-state index < -0.39 is 11.9 Å². The molecule has 3 aromatic rings. The first-order valence-corrected chi connectivity index (χ1v) is 10.3. The molecule has 1 aromatic heterocycles. The number of pyridine rings is 1. The third kappa shape index (κ3) is 9.00. The van der Waals surface area contributed by atoms with Gasteiger partial charge >= 0.3 is 11.9 Å². The summed E-state index contributed by atoms with van der Waals surface area (Å²) in [5.41, 5.74) is 3.61. The molecule has 0 amide bonds. The molecule has 1 heterocycles. The molecule has 174 valence electrons. The van der Waals surface area contributed by atoms with Gasteiger partial charge in [-0.05, 0) is 47.5 Å². The van der Waals surface area contributed by atoms with Crippen molar-refractivity contribution in [3.05, 3.63) is 89.7 Å². The lowest BCUT2D eigenvalue weighted by molar-refractivity contribution is -0.159. The molecular formula is C25H28N2O6. The minimum atomic E-state index is -1.82. The highest BCUT2D eigenvalue weighted by Gasteiger charge is 2.10. The Morgan fingerprint density at radius 2 is 1.48 bits per heavy atom. The van der Waals surface area contributed by atoms with Crippen LogP contribution in [0.2, 0.25) is 0 Å². The van der Waals surface area contributed by atoms with Crippen molar-refractivity contribution in [1.82, 2.24) is 9.88 Å². The Balaban J connectivity index is 0.000000569. The van der Waals surface area contributed by atoms with Crippen LogP contribution in [0, 0.1) is 0 Å². The highest BCUT2D eigenvalue weighted by atomic mass is 16.5. The molecule has 33 heavy (non-hydrogen) atoms. The molecule has 0 fully saturated rings. The lowest BCUT2D eigenvalue weighted by Crippen LogP contribution is -2.22. The molecule has 0 spiro atoms. The van der Waals surface area contributed by atoms with Crippen LogP contribution < -0.4 is 9.47 Å². The summed E-state index contributed by atoms with van der Waals surface area (Å²) in [5, 5.41) is 14.8. The first kappa shape index (κ1) is 25.4. The second kappa shape index (κ2) is 13.5. The molecule has 8 heteroatoms. The molecule has 0 aliphatic rings. The van der Waals surface area contributed by atoms with Crippen LogP contribution in [0.5, 0.6) is 11.5 Å². The minimum Gasteiger partial charge on any atom is -0.493 e. The maximum absolute atomic E-state index is 9.10. The number of benzene rings is 2. The number of hydrogen-bond acceptors (Lipinski definition) is 6. The quantitative estimate of drug-likeness (QED) is 0.471. The number of aromatic nitrogens is 1. The smallest absolute Gasteiger partial charge is 0.414 e. The number of hydrogen-bond donors (Lipinski definition) is 2. The van der Waals surface area contributed by atoms with Crippen molar-refractivity contribution in [2.24, 2.45) is 0 Å². The molecule has 0 aliphatic heterocycles. The Morgan fingerprint density at radius 1 is 0.848 bits per heavy atom. The van der Waals surface area contributed by atoms with Crippen LogP contribution in [0.25, 0.3) is 0 Å². The summed E-state index contributed by atoms with van der Waals surface area (Å²) >= 11 is 0. The Morgan fingerprint density at radius 3 is 2.06 bits per heavy atom. The molecule has 0 atom stereocenters. The number of methoxy groups -OCH3 is 1. The van der Waals surface area contributed by atoms with Crippen molar-refractivity contribution in [2.75, 3.05) is 13.7 Å². The molecule has 0 radical (unpaired) electrons. The summed E-state index contributed by atoms with van der Waals surface area (Å²) in [7, 11) is 1.67.